The molecule has 0 radical (unpaired) electrons. The van der Waals surface area contributed by atoms with E-state index in [1.165, 1.54) is 21.5 Å². The fourth-order valence-corrected chi connectivity index (χ4v) is 7.98. The second-order valence-electron chi connectivity index (χ2n) is 14.7. The number of aliphatic hydroxyl groups is 2. The lowest BCUT2D eigenvalue weighted by Crippen LogP contribution is -1.96. The molecule has 0 spiro atoms. The van der Waals surface area contributed by atoms with Crippen LogP contribution in [0.25, 0.3) is 76.5 Å². The zero-order chi connectivity index (χ0) is 39.0. The number of benzene rings is 10. The third-order valence-electron chi connectivity index (χ3n) is 11.0. The van der Waals surface area contributed by atoms with Crippen molar-refractivity contribution >= 4 is 43.1 Å². The predicted molar refractivity (Wildman–Crippen MR) is 238 cm³/mol. The van der Waals surface area contributed by atoms with Gasteiger partial charge in [-0.2, -0.15) is 0 Å². The SMILES string of the molecule is OCc1ccc(Oc2ccc3cc(-c4ccc5ccccc5c4)ccc3c2-c2c(Oc3ccc(CO)cc3)ccc3cc(-c4ccc5ccccc5c4)ccc23)cc1. The number of fused-ring (bicyclic) bond motifs is 4. The Hall–Kier alpha value is -7.24. The first kappa shape index (κ1) is 35.2. The van der Waals surface area contributed by atoms with Crippen molar-refractivity contribution < 1.29 is 19.7 Å². The molecule has 0 bridgehead atoms. The van der Waals surface area contributed by atoms with Gasteiger partial charge in [-0.15, -0.1) is 0 Å². The van der Waals surface area contributed by atoms with E-state index in [1.54, 1.807) is 0 Å². The summed E-state index contributed by atoms with van der Waals surface area (Å²) in [5.41, 5.74) is 7.96. The van der Waals surface area contributed by atoms with E-state index in [9.17, 15) is 10.2 Å². The molecule has 0 saturated heterocycles. The molecular weight excluding hydrogens is 713 g/mol. The Morgan fingerprint density at radius 1 is 0.310 bits per heavy atom. The van der Waals surface area contributed by atoms with Crippen molar-refractivity contribution in [3.05, 3.63) is 205 Å². The van der Waals surface area contributed by atoms with Crippen LogP contribution in [0.3, 0.4) is 0 Å². The zero-order valence-electron chi connectivity index (χ0n) is 31.6. The molecule has 4 heteroatoms. The molecule has 4 nitrogen and oxygen atoms in total. The van der Waals surface area contributed by atoms with E-state index in [0.29, 0.717) is 23.0 Å². The quantitative estimate of drug-likeness (QED) is 0.154. The summed E-state index contributed by atoms with van der Waals surface area (Å²) in [4.78, 5) is 0. The minimum Gasteiger partial charge on any atom is -0.457 e. The van der Waals surface area contributed by atoms with Crippen molar-refractivity contribution in [3.8, 4) is 56.4 Å². The Kier molecular flexibility index (Phi) is 9.11. The molecular formula is C54H38O4. The van der Waals surface area contributed by atoms with Gasteiger partial charge >= 0.3 is 0 Å². The Morgan fingerprint density at radius 2 is 0.655 bits per heavy atom. The van der Waals surface area contributed by atoms with Crippen molar-refractivity contribution in [2.75, 3.05) is 0 Å². The van der Waals surface area contributed by atoms with Crippen LogP contribution >= 0.6 is 0 Å². The van der Waals surface area contributed by atoms with Gasteiger partial charge in [-0.05, 0) is 137 Å². The Bertz CT molecular complexity index is 2920. The van der Waals surface area contributed by atoms with Gasteiger partial charge < -0.3 is 19.7 Å². The van der Waals surface area contributed by atoms with Crippen LogP contribution in [-0.2, 0) is 13.2 Å². The number of ether oxygens (including phenoxy) is 2. The fourth-order valence-electron chi connectivity index (χ4n) is 7.98. The van der Waals surface area contributed by atoms with Crippen LogP contribution in [0.1, 0.15) is 11.1 Å². The van der Waals surface area contributed by atoms with Crippen LogP contribution in [0, 0.1) is 0 Å². The molecule has 0 aliphatic rings. The van der Waals surface area contributed by atoms with Crippen LogP contribution in [0.4, 0.5) is 0 Å². The topological polar surface area (TPSA) is 58.9 Å². The van der Waals surface area contributed by atoms with Crippen LogP contribution in [0.5, 0.6) is 23.0 Å². The molecule has 10 aromatic carbocycles. The Labute approximate surface area is 336 Å². The number of hydrogen-bond donors (Lipinski definition) is 2. The summed E-state index contributed by atoms with van der Waals surface area (Å²) >= 11 is 0. The third-order valence-corrected chi connectivity index (χ3v) is 11.0. The van der Waals surface area contributed by atoms with E-state index in [1.807, 2.05) is 60.7 Å². The molecule has 0 aliphatic heterocycles. The molecule has 0 fully saturated rings. The maximum atomic E-state index is 9.74. The van der Waals surface area contributed by atoms with Gasteiger partial charge in [0.2, 0.25) is 0 Å². The third kappa shape index (κ3) is 6.71. The Morgan fingerprint density at radius 3 is 1.05 bits per heavy atom. The van der Waals surface area contributed by atoms with Crippen LogP contribution in [-0.4, -0.2) is 10.2 Å². The van der Waals surface area contributed by atoms with E-state index >= 15 is 0 Å². The lowest BCUT2D eigenvalue weighted by molar-refractivity contribution is 0.281. The van der Waals surface area contributed by atoms with Crippen molar-refractivity contribution in [3.63, 3.8) is 0 Å². The minimum atomic E-state index is -0.0434. The highest BCUT2D eigenvalue weighted by Crippen LogP contribution is 2.48. The lowest BCUT2D eigenvalue weighted by Gasteiger charge is -2.20. The second kappa shape index (κ2) is 15.0. The molecule has 0 unspecified atom stereocenters. The van der Waals surface area contributed by atoms with Gasteiger partial charge in [0.05, 0.1) is 13.2 Å². The average molecular weight is 751 g/mol. The molecule has 0 heterocycles. The monoisotopic (exact) mass is 750 g/mol. The first-order valence-electron chi connectivity index (χ1n) is 19.5. The first-order valence-corrected chi connectivity index (χ1v) is 19.5. The summed E-state index contributed by atoms with van der Waals surface area (Å²) in [6.45, 7) is -0.0869. The summed E-state index contributed by atoms with van der Waals surface area (Å²) in [5.74, 6) is 2.67. The van der Waals surface area contributed by atoms with Gasteiger partial charge in [0.1, 0.15) is 23.0 Å². The van der Waals surface area contributed by atoms with E-state index < -0.39 is 0 Å². The largest absolute Gasteiger partial charge is 0.457 e. The van der Waals surface area contributed by atoms with Crippen molar-refractivity contribution in [1.29, 1.82) is 0 Å². The van der Waals surface area contributed by atoms with Crippen molar-refractivity contribution in [2.24, 2.45) is 0 Å². The first-order chi connectivity index (χ1) is 28.6. The molecule has 0 amide bonds. The Balaban J connectivity index is 1.19. The maximum Gasteiger partial charge on any atom is 0.136 e. The summed E-state index contributed by atoms with van der Waals surface area (Å²) in [6.07, 6.45) is 0. The standard InChI is InChI=1S/C54H38O4/c55-33-35-9-21-47(22-10-35)57-51-27-19-45-31-43(41-15-13-37-5-1-3-7-39(37)29-41)17-25-49(45)53(51)54-50-26-18-44(42-16-14-38-6-2-4-8-40(38)30-42)32-46(50)20-28-52(54)58-48-23-11-36(34-56)12-24-48/h1-32,55-56H,33-34H2. The number of rotatable bonds is 9. The van der Waals surface area contributed by atoms with E-state index in [-0.39, 0.29) is 13.2 Å². The summed E-state index contributed by atoms with van der Waals surface area (Å²) in [7, 11) is 0. The second-order valence-corrected chi connectivity index (χ2v) is 14.7. The summed E-state index contributed by atoms with van der Waals surface area (Å²) in [6, 6.07) is 66.8. The average Bonchev–Trinajstić information content (AvgIpc) is 3.29. The van der Waals surface area contributed by atoms with E-state index in [2.05, 4.69) is 133 Å². The molecule has 0 saturated carbocycles. The van der Waals surface area contributed by atoms with E-state index in [4.69, 9.17) is 9.47 Å². The van der Waals surface area contributed by atoms with Gasteiger partial charge in [-0.1, -0.05) is 133 Å². The van der Waals surface area contributed by atoms with Crippen molar-refractivity contribution in [2.45, 2.75) is 13.2 Å². The highest BCUT2D eigenvalue weighted by Gasteiger charge is 2.21. The molecule has 0 aliphatic carbocycles. The molecule has 58 heavy (non-hydrogen) atoms. The van der Waals surface area contributed by atoms with Gasteiger partial charge in [0, 0.05) is 11.1 Å². The molecule has 10 aromatic rings. The van der Waals surface area contributed by atoms with Gasteiger partial charge in [0.25, 0.3) is 0 Å². The van der Waals surface area contributed by atoms with Gasteiger partial charge in [-0.3, -0.25) is 0 Å². The maximum absolute atomic E-state index is 9.74. The molecule has 10 rings (SSSR count). The normalized spacial score (nSPS) is 11.4. The van der Waals surface area contributed by atoms with Crippen LogP contribution in [0.2, 0.25) is 0 Å². The summed E-state index contributed by atoms with van der Waals surface area (Å²) < 4.78 is 13.6. The smallest absolute Gasteiger partial charge is 0.136 e. The van der Waals surface area contributed by atoms with Gasteiger partial charge in [0.15, 0.2) is 0 Å². The molecule has 278 valence electrons. The molecule has 0 atom stereocenters. The number of hydrogen-bond acceptors (Lipinski definition) is 4. The van der Waals surface area contributed by atoms with Crippen molar-refractivity contribution in [1.82, 2.24) is 0 Å². The minimum absolute atomic E-state index is 0.0434. The summed E-state index contributed by atoms with van der Waals surface area (Å²) in [5, 5.41) is 28.4. The number of aliphatic hydroxyl groups excluding tert-OH is 2. The zero-order valence-corrected chi connectivity index (χ0v) is 31.6. The van der Waals surface area contributed by atoms with E-state index in [0.717, 1.165) is 66.1 Å². The predicted octanol–water partition coefficient (Wildman–Crippen LogP) is 13.9. The van der Waals surface area contributed by atoms with Crippen LogP contribution < -0.4 is 9.47 Å². The van der Waals surface area contributed by atoms with Crippen LogP contribution in [0.15, 0.2) is 194 Å². The fraction of sp³-hybridized carbons (Fsp3) is 0.0370. The lowest BCUT2D eigenvalue weighted by atomic mass is 9.89. The highest BCUT2D eigenvalue weighted by molar-refractivity contribution is 6.11. The molecule has 0 aromatic heterocycles. The highest BCUT2D eigenvalue weighted by atomic mass is 16.5. The molecule has 2 N–H and O–H groups in total. The van der Waals surface area contributed by atoms with Gasteiger partial charge in [-0.25, -0.2) is 0 Å².